The summed E-state index contributed by atoms with van der Waals surface area (Å²) in [7, 11) is 0. The molecule has 144 valence electrons. The van der Waals surface area contributed by atoms with E-state index in [0.717, 1.165) is 25.1 Å². The van der Waals surface area contributed by atoms with Gasteiger partial charge in [0.25, 0.3) is 0 Å². The van der Waals surface area contributed by atoms with Crippen LogP contribution in [-0.2, 0) is 4.79 Å². The molecule has 4 nitrogen and oxygen atoms in total. The number of nitrogens with zero attached hydrogens (tertiary/aromatic N) is 1. The Morgan fingerprint density at radius 2 is 1.81 bits per heavy atom. The smallest absolute Gasteiger partial charge is 0.307 e. The van der Waals surface area contributed by atoms with Crippen LogP contribution < -0.4 is 4.74 Å². The van der Waals surface area contributed by atoms with Gasteiger partial charge in [0.1, 0.15) is 5.75 Å². The Labute approximate surface area is 161 Å². The zero-order valence-corrected chi connectivity index (χ0v) is 16.4. The number of hydrogen-bond acceptors (Lipinski definition) is 3. The van der Waals surface area contributed by atoms with Gasteiger partial charge in [-0.05, 0) is 63.4 Å². The molecule has 3 rings (SSSR count). The summed E-state index contributed by atoms with van der Waals surface area (Å²) >= 11 is 0. The van der Waals surface area contributed by atoms with Gasteiger partial charge in [0, 0.05) is 6.54 Å². The van der Waals surface area contributed by atoms with Crippen molar-refractivity contribution in [2.75, 3.05) is 19.7 Å². The predicted molar refractivity (Wildman–Crippen MR) is 107 cm³/mol. The third kappa shape index (κ3) is 4.69. The number of piperidine rings is 1. The molecule has 0 saturated carbocycles. The molecule has 2 atom stereocenters. The van der Waals surface area contributed by atoms with Crippen molar-refractivity contribution < 1.29 is 14.6 Å². The summed E-state index contributed by atoms with van der Waals surface area (Å²) in [6.07, 6.45) is 1.67. The van der Waals surface area contributed by atoms with Gasteiger partial charge in [-0.25, -0.2) is 0 Å². The second-order valence-corrected chi connectivity index (χ2v) is 7.50. The van der Waals surface area contributed by atoms with E-state index >= 15 is 0 Å². The minimum Gasteiger partial charge on any atom is -0.494 e. The van der Waals surface area contributed by atoms with E-state index in [-0.39, 0.29) is 12.0 Å². The number of likely N-dealkylation sites (tertiary alicyclic amines) is 1. The highest BCUT2D eigenvalue weighted by atomic mass is 16.5. The number of carboxylic acid groups (broad SMARTS) is 1. The highest BCUT2D eigenvalue weighted by Gasteiger charge is 2.31. The van der Waals surface area contributed by atoms with E-state index in [1.807, 2.05) is 19.1 Å². The number of rotatable bonds is 6. The lowest BCUT2D eigenvalue weighted by Crippen LogP contribution is -2.41. The van der Waals surface area contributed by atoms with Gasteiger partial charge in [0.2, 0.25) is 0 Å². The van der Waals surface area contributed by atoms with Crippen LogP contribution in [0.15, 0.2) is 42.5 Å². The highest BCUT2D eigenvalue weighted by molar-refractivity contribution is 5.70. The first-order valence-corrected chi connectivity index (χ1v) is 9.75. The first-order valence-electron chi connectivity index (χ1n) is 9.75. The maximum Gasteiger partial charge on any atom is 0.307 e. The van der Waals surface area contributed by atoms with E-state index in [4.69, 9.17) is 4.74 Å². The van der Waals surface area contributed by atoms with Gasteiger partial charge >= 0.3 is 5.97 Å². The average molecular weight is 367 g/mol. The molecule has 2 aromatic rings. The SMILES string of the molecule is CCOc1ccc(C(c2cc(C)cc(C)c2)N2CCCC(C(=O)O)C2)cc1. The van der Waals surface area contributed by atoms with Crippen molar-refractivity contribution in [3.05, 3.63) is 64.7 Å². The van der Waals surface area contributed by atoms with Crippen molar-refractivity contribution in [1.29, 1.82) is 0 Å². The fraction of sp³-hybridized carbons (Fsp3) is 0.435. The Balaban J connectivity index is 1.99. The van der Waals surface area contributed by atoms with Crippen LogP contribution in [0.3, 0.4) is 0 Å². The molecule has 1 heterocycles. The molecule has 1 N–H and O–H groups in total. The zero-order valence-electron chi connectivity index (χ0n) is 16.4. The molecule has 0 amide bonds. The summed E-state index contributed by atoms with van der Waals surface area (Å²) in [6, 6.07) is 14.9. The van der Waals surface area contributed by atoms with Crippen LogP contribution in [0.1, 0.15) is 48.1 Å². The van der Waals surface area contributed by atoms with Crippen LogP contribution in [-0.4, -0.2) is 35.7 Å². The van der Waals surface area contributed by atoms with Crippen molar-refractivity contribution in [3.8, 4) is 5.75 Å². The minimum atomic E-state index is -0.689. The van der Waals surface area contributed by atoms with E-state index in [0.29, 0.717) is 13.2 Å². The van der Waals surface area contributed by atoms with E-state index in [1.54, 1.807) is 0 Å². The summed E-state index contributed by atoms with van der Waals surface area (Å²) in [6.45, 7) is 8.34. The van der Waals surface area contributed by atoms with E-state index in [9.17, 15) is 9.90 Å². The Morgan fingerprint density at radius 1 is 1.15 bits per heavy atom. The van der Waals surface area contributed by atoms with Gasteiger partial charge in [-0.15, -0.1) is 0 Å². The van der Waals surface area contributed by atoms with Crippen molar-refractivity contribution in [3.63, 3.8) is 0 Å². The van der Waals surface area contributed by atoms with Crippen LogP contribution in [0, 0.1) is 19.8 Å². The van der Waals surface area contributed by atoms with Crippen LogP contribution in [0.4, 0.5) is 0 Å². The van der Waals surface area contributed by atoms with E-state index in [2.05, 4.69) is 49.1 Å². The molecule has 27 heavy (non-hydrogen) atoms. The number of carbonyl (C=O) groups is 1. The number of ether oxygens (including phenoxy) is 1. The molecule has 2 aromatic carbocycles. The van der Waals surface area contributed by atoms with Gasteiger partial charge in [-0.3, -0.25) is 9.69 Å². The first-order chi connectivity index (χ1) is 13.0. The lowest BCUT2D eigenvalue weighted by molar-refractivity contribution is -0.143. The zero-order chi connectivity index (χ0) is 19.4. The Morgan fingerprint density at radius 3 is 2.41 bits per heavy atom. The van der Waals surface area contributed by atoms with E-state index < -0.39 is 5.97 Å². The molecule has 1 aliphatic rings. The molecule has 0 aromatic heterocycles. The molecular formula is C23H29NO3. The topological polar surface area (TPSA) is 49.8 Å². The van der Waals surface area contributed by atoms with Gasteiger partial charge in [-0.1, -0.05) is 41.5 Å². The molecular weight excluding hydrogens is 338 g/mol. The fourth-order valence-electron chi connectivity index (χ4n) is 4.14. The molecule has 1 aliphatic heterocycles. The Kier molecular flexibility index (Phi) is 6.17. The van der Waals surface area contributed by atoms with Crippen LogP contribution in [0.2, 0.25) is 0 Å². The number of aliphatic carboxylic acids is 1. The lowest BCUT2D eigenvalue weighted by Gasteiger charge is -2.38. The second kappa shape index (κ2) is 8.57. The number of benzene rings is 2. The second-order valence-electron chi connectivity index (χ2n) is 7.50. The van der Waals surface area contributed by atoms with Gasteiger partial charge < -0.3 is 9.84 Å². The van der Waals surface area contributed by atoms with Gasteiger partial charge in [-0.2, -0.15) is 0 Å². The summed E-state index contributed by atoms with van der Waals surface area (Å²) in [4.78, 5) is 13.9. The molecule has 0 aliphatic carbocycles. The monoisotopic (exact) mass is 367 g/mol. The third-order valence-electron chi connectivity index (χ3n) is 5.23. The van der Waals surface area contributed by atoms with Crippen LogP contribution in [0.25, 0.3) is 0 Å². The van der Waals surface area contributed by atoms with Crippen molar-refractivity contribution in [1.82, 2.24) is 4.90 Å². The molecule has 1 saturated heterocycles. The number of aryl methyl sites for hydroxylation is 2. The molecule has 0 spiro atoms. The quantitative estimate of drug-likeness (QED) is 0.811. The maximum atomic E-state index is 11.6. The maximum absolute atomic E-state index is 11.6. The first kappa shape index (κ1) is 19.4. The summed E-state index contributed by atoms with van der Waals surface area (Å²) in [5, 5.41) is 9.52. The number of carboxylic acids is 1. The lowest BCUT2D eigenvalue weighted by atomic mass is 9.90. The van der Waals surface area contributed by atoms with Gasteiger partial charge in [0.15, 0.2) is 0 Å². The van der Waals surface area contributed by atoms with Crippen LogP contribution >= 0.6 is 0 Å². The largest absolute Gasteiger partial charge is 0.494 e. The van der Waals surface area contributed by atoms with Crippen LogP contribution in [0.5, 0.6) is 5.75 Å². The van der Waals surface area contributed by atoms with Crippen molar-refractivity contribution in [2.24, 2.45) is 5.92 Å². The fourth-order valence-corrected chi connectivity index (χ4v) is 4.14. The molecule has 4 heteroatoms. The summed E-state index contributed by atoms with van der Waals surface area (Å²) in [5.74, 6) is -0.122. The van der Waals surface area contributed by atoms with Crippen molar-refractivity contribution in [2.45, 2.75) is 39.7 Å². The molecule has 0 bridgehead atoms. The summed E-state index contributed by atoms with van der Waals surface area (Å²) in [5.41, 5.74) is 4.86. The number of hydrogen-bond donors (Lipinski definition) is 1. The summed E-state index contributed by atoms with van der Waals surface area (Å²) < 4.78 is 5.59. The van der Waals surface area contributed by atoms with E-state index in [1.165, 1.54) is 22.3 Å². The molecule has 0 radical (unpaired) electrons. The highest BCUT2D eigenvalue weighted by Crippen LogP contribution is 2.34. The normalized spacial score (nSPS) is 18.9. The van der Waals surface area contributed by atoms with Gasteiger partial charge in [0.05, 0.1) is 18.6 Å². The minimum absolute atomic E-state index is 0.0569. The average Bonchev–Trinajstić information content (AvgIpc) is 2.63. The Bertz CT molecular complexity index is 764. The predicted octanol–water partition coefficient (Wildman–Crippen LogP) is 4.59. The molecule has 1 fully saturated rings. The standard InChI is InChI=1S/C23H29NO3/c1-4-27-21-9-7-18(8-10-21)22(20-13-16(2)12-17(3)14-20)24-11-5-6-19(15-24)23(25)26/h7-10,12-14,19,22H,4-6,11,15H2,1-3H3,(H,25,26). The third-order valence-corrected chi connectivity index (χ3v) is 5.23. The molecule has 2 unspecified atom stereocenters. The van der Waals surface area contributed by atoms with Crippen molar-refractivity contribution >= 4 is 5.97 Å². The Hall–Kier alpha value is -2.33.